The van der Waals surface area contributed by atoms with Gasteiger partial charge in [0.2, 0.25) is 0 Å². The van der Waals surface area contributed by atoms with Gasteiger partial charge in [0.1, 0.15) is 25.9 Å². The normalized spacial score (nSPS) is 11.7. The number of rotatable bonds is 50. The van der Waals surface area contributed by atoms with Gasteiger partial charge in [-0.1, -0.05) is 169 Å². The van der Waals surface area contributed by atoms with Crippen molar-refractivity contribution in [3.05, 3.63) is 0 Å². The lowest BCUT2D eigenvalue weighted by Crippen LogP contribution is -2.27. The van der Waals surface area contributed by atoms with Crippen LogP contribution in [-0.4, -0.2) is 93.7 Å². The first-order valence-corrected chi connectivity index (χ1v) is 27.9. The van der Waals surface area contributed by atoms with Gasteiger partial charge in [-0.3, -0.25) is 19.2 Å². The molecule has 12 heteroatoms. The summed E-state index contributed by atoms with van der Waals surface area (Å²) in [5.74, 6) is -1.60. The number of unbranched alkanes of at least 4 members (excludes halogenated alkanes) is 23. The molecule has 0 heterocycles. The molecule has 0 rings (SSSR count). The van der Waals surface area contributed by atoms with Crippen LogP contribution >= 0.6 is 0 Å². The van der Waals surface area contributed by atoms with Crippen molar-refractivity contribution in [3.8, 4) is 0 Å². The molecule has 0 saturated carbocycles. The number of carbonyl (C=O) groups is 5. The summed E-state index contributed by atoms with van der Waals surface area (Å²) in [6.07, 6.45) is 33.2. The van der Waals surface area contributed by atoms with E-state index in [1.807, 2.05) is 0 Å². The van der Waals surface area contributed by atoms with E-state index in [9.17, 15) is 24.0 Å². The SMILES string of the molecule is CCCCCCCCCCOC(=O)CCCCCCCC(=O)OCC(COC(=O)CCCCCC(=O)OC(CCCCCCCC)CCCCCCCC)COC(=O)OCCCN(CC)CC. The molecule has 0 aromatic carbocycles. The zero-order chi connectivity index (χ0) is 49.3. The van der Waals surface area contributed by atoms with Gasteiger partial charge in [-0.15, -0.1) is 0 Å². The predicted molar refractivity (Wildman–Crippen MR) is 270 cm³/mol. The third-order valence-electron chi connectivity index (χ3n) is 12.5. The third-order valence-corrected chi connectivity index (χ3v) is 12.5. The lowest BCUT2D eigenvalue weighted by atomic mass is 10.0. The quantitative estimate of drug-likeness (QED) is 0.0325. The Balaban J connectivity index is 4.65. The number of ether oxygens (including phenoxy) is 6. The molecule has 394 valence electrons. The smallest absolute Gasteiger partial charge is 0.466 e. The van der Waals surface area contributed by atoms with E-state index in [4.69, 9.17) is 28.4 Å². The fourth-order valence-corrected chi connectivity index (χ4v) is 8.01. The molecule has 0 aromatic heterocycles. The molecule has 1 unspecified atom stereocenters. The molecule has 0 aliphatic heterocycles. The Morgan fingerprint density at radius 1 is 0.358 bits per heavy atom. The average Bonchev–Trinajstić information content (AvgIpc) is 3.32. The first kappa shape index (κ1) is 64.1. The second kappa shape index (κ2) is 49.5. The Morgan fingerprint density at radius 2 is 0.716 bits per heavy atom. The van der Waals surface area contributed by atoms with Crippen LogP contribution < -0.4 is 0 Å². The molecule has 0 N–H and O–H groups in total. The highest BCUT2D eigenvalue weighted by Crippen LogP contribution is 2.19. The molecular weight excluding hydrogens is 851 g/mol. The van der Waals surface area contributed by atoms with Crippen molar-refractivity contribution < 1.29 is 52.4 Å². The van der Waals surface area contributed by atoms with E-state index in [0.717, 1.165) is 83.8 Å². The third kappa shape index (κ3) is 45.3. The molecule has 0 bridgehead atoms. The lowest BCUT2D eigenvalue weighted by Gasteiger charge is -2.18. The Hall–Kier alpha value is -2.89. The first-order valence-electron chi connectivity index (χ1n) is 27.9. The minimum atomic E-state index is -0.811. The van der Waals surface area contributed by atoms with E-state index < -0.39 is 18.0 Å². The van der Waals surface area contributed by atoms with Crippen molar-refractivity contribution in [2.75, 3.05) is 52.7 Å². The van der Waals surface area contributed by atoms with Crippen molar-refractivity contribution in [1.29, 1.82) is 0 Å². The molecule has 0 aliphatic carbocycles. The fraction of sp³-hybridized carbons (Fsp3) is 0.909. The van der Waals surface area contributed by atoms with Gasteiger partial charge in [-0.2, -0.15) is 0 Å². The molecule has 12 nitrogen and oxygen atoms in total. The summed E-state index contributed by atoms with van der Waals surface area (Å²) in [4.78, 5) is 64.9. The van der Waals surface area contributed by atoms with Gasteiger partial charge in [-0.05, 0) is 77.3 Å². The van der Waals surface area contributed by atoms with E-state index in [-0.39, 0.29) is 63.3 Å². The molecule has 0 fully saturated rings. The van der Waals surface area contributed by atoms with E-state index >= 15 is 0 Å². The molecule has 0 saturated heterocycles. The minimum absolute atomic E-state index is 0.00983. The standard InChI is InChI=1S/C55H103NO11/c1-6-11-14-17-20-21-27-35-44-62-51(57)39-31-25-22-26-32-40-52(58)64-46-49(48-66-55(61)63-45-36-43-56(9-4)10-5)47-65-53(59)41-33-28-34-42-54(60)67-50(37-29-23-18-15-12-7-2)38-30-24-19-16-13-8-3/h49-50H,6-48H2,1-5H3. The number of esters is 4. The van der Waals surface area contributed by atoms with Gasteiger partial charge in [-0.25, -0.2) is 4.79 Å². The first-order chi connectivity index (χ1) is 32.7. The van der Waals surface area contributed by atoms with Crippen molar-refractivity contribution in [3.63, 3.8) is 0 Å². The van der Waals surface area contributed by atoms with Crippen LogP contribution in [0, 0.1) is 5.92 Å². The number of hydrogen-bond acceptors (Lipinski definition) is 12. The van der Waals surface area contributed by atoms with E-state index in [2.05, 4.69) is 39.5 Å². The van der Waals surface area contributed by atoms with Crippen LogP contribution in [0.25, 0.3) is 0 Å². The Morgan fingerprint density at radius 3 is 1.18 bits per heavy atom. The predicted octanol–water partition coefficient (Wildman–Crippen LogP) is 14.4. The number of carbonyl (C=O) groups excluding carboxylic acids is 5. The van der Waals surface area contributed by atoms with Gasteiger partial charge in [0.25, 0.3) is 0 Å². The molecule has 0 aromatic rings. The van der Waals surface area contributed by atoms with Gasteiger partial charge in [0.15, 0.2) is 0 Å². The maximum absolute atomic E-state index is 12.8. The summed E-state index contributed by atoms with van der Waals surface area (Å²) < 4.78 is 33.0. The molecule has 1 atom stereocenters. The second-order valence-electron chi connectivity index (χ2n) is 18.8. The lowest BCUT2D eigenvalue weighted by molar-refractivity contribution is -0.151. The minimum Gasteiger partial charge on any atom is -0.466 e. The van der Waals surface area contributed by atoms with E-state index in [1.54, 1.807) is 0 Å². The van der Waals surface area contributed by atoms with Crippen LogP contribution in [0.15, 0.2) is 0 Å². The van der Waals surface area contributed by atoms with Crippen molar-refractivity contribution in [1.82, 2.24) is 4.90 Å². The van der Waals surface area contributed by atoms with Gasteiger partial charge < -0.3 is 33.3 Å². The highest BCUT2D eigenvalue weighted by atomic mass is 16.7. The second-order valence-corrected chi connectivity index (χ2v) is 18.8. The average molecular weight is 954 g/mol. The maximum atomic E-state index is 12.8. The van der Waals surface area contributed by atoms with Gasteiger partial charge in [0.05, 0.1) is 19.1 Å². The van der Waals surface area contributed by atoms with E-state index in [0.29, 0.717) is 51.6 Å². The van der Waals surface area contributed by atoms with Crippen molar-refractivity contribution in [2.45, 2.75) is 265 Å². The van der Waals surface area contributed by atoms with Crippen molar-refractivity contribution >= 4 is 30.0 Å². The summed E-state index contributed by atoms with van der Waals surface area (Å²) >= 11 is 0. The topological polar surface area (TPSA) is 144 Å². The number of hydrogen-bond donors (Lipinski definition) is 0. The molecule has 0 aliphatic rings. The van der Waals surface area contributed by atoms with Gasteiger partial charge in [0, 0.05) is 32.2 Å². The van der Waals surface area contributed by atoms with E-state index in [1.165, 1.54) is 103 Å². The van der Waals surface area contributed by atoms with Crippen LogP contribution in [-0.2, 0) is 47.6 Å². The summed E-state index contributed by atoms with van der Waals surface area (Å²) in [6.45, 7) is 14.0. The zero-order valence-corrected chi connectivity index (χ0v) is 44.0. The molecular formula is C55H103NO11. The summed E-state index contributed by atoms with van der Waals surface area (Å²) in [5.41, 5.74) is 0. The van der Waals surface area contributed by atoms with Crippen LogP contribution in [0.1, 0.15) is 259 Å². The van der Waals surface area contributed by atoms with Crippen LogP contribution in [0.2, 0.25) is 0 Å². The zero-order valence-electron chi connectivity index (χ0n) is 44.0. The highest BCUT2D eigenvalue weighted by Gasteiger charge is 2.19. The molecule has 0 amide bonds. The fourth-order valence-electron chi connectivity index (χ4n) is 8.01. The Kier molecular flexibility index (Phi) is 47.4. The molecule has 0 spiro atoms. The van der Waals surface area contributed by atoms with Gasteiger partial charge >= 0.3 is 30.0 Å². The monoisotopic (exact) mass is 954 g/mol. The summed E-state index contributed by atoms with van der Waals surface area (Å²) in [5, 5.41) is 0. The Labute approximate surface area is 410 Å². The van der Waals surface area contributed by atoms with Crippen LogP contribution in [0.3, 0.4) is 0 Å². The molecule has 67 heavy (non-hydrogen) atoms. The Bertz CT molecular complexity index is 1150. The highest BCUT2D eigenvalue weighted by molar-refractivity contribution is 5.70. The number of nitrogens with zero attached hydrogens (tertiary/aromatic N) is 1. The largest absolute Gasteiger partial charge is 0.508 e. The van der Waals surface area contributed by atoms with Crippen molar-refractivity contribution in [2.24, 2.45) is 5.92 Å². The van der Waals surface area contributed by atoms with Crippen LogP contribution in [0.5, 0.6) is 0 Å². The van der Waals surface area contributed by atoms with Crippen LogP contribution in [0.4, 0.5) is 4.79 Å². The summed E-state index contributed by atoms with van der Waals surface area (Å²) in [7, 11) is 0. The maximum Gasteiger partial charge on any atom is 0.508 e. The summed E-state index contributed by atoms with van der Waals surface area (Å²) in [6, 6.07) is 0. The molecule has 0 radical (unpaired) electrons.